The fourth-order valence-corrected chi connectivity index (χ4v) is 5.13. The number of quaternary nitrogens is 1. The van der Waals surface area contributed by atoms with Crippen LogP contribution in [-0.2, 0) is 14.3 Å². The van der Waals surface area contributed by atoms with E-state index < -0.39 is 0 Å². The zero-order valence-electron chi connectivity index (χ0n) is 19.1. The molecule has 9 nitrogen and oxygen atoms in total. The SMILES string of the molecule is Cc1conc1NC(=O)C[N+]1(CC(=O)Nc2c(C)csc2C(=O)OC2CC2)CCCCCC1. The maximum atomic E-state index is 13.2. The first-order chi connectivity index (χ1) is 15.8. The molecular weight excluding hydrogens is 444 g/mol. The van der Waals surface area contributed by atoms with Gasteiger partial charge < -0.3 is 24.4 Å². The van der Waals surface area contributed by atoms with E-state index in [1.165, 1.54) is 17.6 Å². The number of carbonyl (C=O) groups excluding carboxylic acids is 3. The summed E-state index contributed by atoms with van der Waals surface area (Å²) in [4.78, 5) is 39.0. The minimum atomic E-state index is -0.382. The number of aryl methyl sites for hydroxylation is 2. The largest absolute Gasteiger partial charge is 0.458 e. The smallest absolute Gasteiger partial charge is 0.350 e. The third-order valence-electron chi connectivity index (χ3n) is 6.20. The van der Waals surface area contributed by atoms with Crippen molar-refractivity contribution in [3.63, 3.8) is 0 Å². The second-order valence-electron chi connectivity index (χ2n) is 9.19. The highest BCUT2D eigenvalue weighted by Crippen LogP contribution is 2.32. The molecule has 0 radical (unpaired) electrons. The van der Waals surface area contributed by atoms with Gasteiger partial charge in [-0.1, -0.05) is 5.16 Å². The summed E-state index contributed by atoms with van der Waals surface area (Å²) in [6.45, 7) is 5.51. The predicted octanol–water partition coefficient (Wildman–Crippen LogP) is 3.64. The van der Waals surface area contributed by atoms with Gasteiger partial charge in [0, 0.05) is 5.56 Å². The van der Waals surface area contributed by atoms with Crippen molar-refractivity contribution in [3.8, 4) is 0 Å². The quantitative estimate of drug-likeness (QED) is 0.446. The molecule has 2 amide bonds. The summed E-state index contributed by atoms with van der Waals surface area (Å²) >= 11 is 1.28. The second-order valence-corrected chi connectivity index (χ2v) is 10.1. The van der Waals surface area contributed by atoms with Gasteiger partial charge in [0.1, 0.15) is 17.2 Å². The minimum Gasteiger partial charge on any atom is -0.458 e. The number of nitrogens with zero attached hydrogens (tertiary/aromatic N) is 2. The van der Waals surface area contributed by atoms with Crippen LogP contribution >= 0.6 is 11.3 Å². The lowest BCUT2D eigenvalue weighted by Gasteiger charge is -2.36. The molecule has 0 atom stereocenters. The molecular formula is C23H31N4O5S+. The highest BCUT2D eigenvalue weighted by molar-refractivity contribution is 7.12. The van der Waals surface area contributed by atoms with Crippen LogP contribution in [0.25, 0.3) is 0 Å². The van der Waals surface area contributed by atoms with E-state index >= 15 is 0 Å². The van der Waals surface area contributed by atoms with Crippen LogP contribution in [0.5, 0.6) is 0 Å². The highest BCUT2D eigenvalue weighted by atomic mass is 32.1. The van der Waals surface area contributed by atoms with Crippen molar-refractivity contribution in [2.45, 2.75) is 58.5 Å². The Kier molecular flexibility index (Phi) is 7.14. The first-order valence-electron chi connectivity index (χ1n) is 11.5. The van der Waals surface area contributed by atoms with E-state index in [4.69, 9.17) is 9.26 Å². The first kappa shape index (κ1) is 23.4. The summed E-state index contributed by atoms with van der Waals surface area (Å²) in [5, 5.41) is 11.4. The highest BCUT2D eigenvalue weighted by Gasteiger charge is 2.35. The van der Waals surface area contributed by atoms with Crippen LogP contribution in [0.15, 0.2) is 16.2 Å². The number of aromatic nitrogens is 1. The fourth-order valence-electron chi connectivity index (χ4n) is 4.24. The Morgan fingerprint density at radius 3 is 2.33 bits per heavy atom. The van der Waals surface area contributed by atoms with Gasteiger partial charge in [0.2, 0.25) is 0 Å². The molecule has 0 spiro atoms. The number of likely N-dealkylation sites (tertiary alicyclic amines) is 1. The van der Waals surface area contributed by atoms with Crippen LogP contribution < -0.4 is 10.6 Å². The number of hydrogen-bond donors (Lipinski definition) is 2. The van der Waals surface area contributed by atoms with Gasteiger partial charge in [0.25, 0.3) is 11.8 Å². The Labute approximate surface area is 197 Å². The lowest BCUT2D eigenvalue weighted by molar-refractivity contribution is -0.912. The van der Waals surface area contributed by atoms with Gasteiger partial charge in [-0.15, -0.1) is 11.3 Å². The van der Waals surface area contributed by atoms with E-state index in [9.17, 15) is 14.4 Å². The number of hydrogen-bond acceptors (Lipinski definition) is 7. The van der Waals surface area contributed by atoms with Gasteiger partial charge in [-0.2, -0.15) is 0 Å². The molecule has 2 fully saturated rings. The molecule has 2 aromatic rings. The molecule has 1 saturated carbocycles. The van der Waals surface area contributed by atoms with E-state index in [0.717, 1.165) is 62.7 Å². The average molecular weight is 476 g/mol. The van der Waals surface area contributed by atoms with Crippen molar-refractivity contribution in [1.29, 1.82) is 0 Å². The molecule has 2 aliphatic rings. The Morgan fingerprint density at radius 2 is 1.73 bits per heavy atom. The predicted molar refractivity (Wildman–Crippen MR) is 124 cm³/mol. The van der Waals surface area contributed by atoms with Gasteiger partial charge in [-0.25, -0.2) is 4.79 Å². The van der Waals surface area contributed by atoms with Crippen LogP contribution in [0.1, 0.15) is 59.3 Å². The number of nitrogens with one attached hydrogen (secondary N) is 2. The van der Waals surface area contributed by atoms with Crippen molar-refractivity contribution in [2.75, 3.05) is 36.8 Å². The van der Waals surface area contributed by atoms with Gasteiger partial charge in [-0.05, 0) is 63.3 Å². The van der Waals surface area contributed by atoms with Gasteiger partial charge >= 0.3 is 5.97 Å². The van der Waals surface area contributed by atoms with Crippen molar-refractivity contribution in [2.24, 2.45) is 0 Å². The summed E-state index contributed by atoms with van der Waals surface area (Å²) in [5.41, 5.74) is 2.10. The summed E-state index contributed by atoms with van der Waals surface area (Å²) in [7, 11) is 0. The monoisotopic (exact) mass is 475 g/mol. The van der Waals surface area contributed by atoms with E-state index in [0.29, 0.717) is 20.9 Å². The molecule has 33 heavy (non-hydrogen) atoms. The molecule has 3 heterocycles. The molecule has 1 saturated heterocycles. The number of anilines is 2. The molecule has 178 valence electrons. The molecule has 2 aromatic heterocycles. The molecule has 0 aromatic carbocycles. The summed E-state index contributed by atoms with van der Waals surface area (Å²) < 4.78 is 10.7. The van der Waals surface area contributed by atoms with Gasteiger partial charge in [-0.3, -0.25) is 9.59 Å². The number of thiophene rings is 1. The molecule has 1 aliphatic heterocycles. The lowest BCUT2D eigenvalue weighted by atomic mass is 10.2. The third-order valence-corrected chi connectivity index (χ3v) is 7.28. The van der Waals surface area contributed by atoms with Crippen LogP contribution in [0.4, 0.5) is 11.5 Å². The Balaban J connectivity index is 1.45. The van der Waals surface area contributed by atoms with E-state index in [1.54, 1.807) is 0 Å². The van der Waals surface area contributed by atoms with Crippen molar-refractivity contribution < 1.29 is 28.1 Å². The summed E-state index contributed by atoms with van der Waals surface area (Å²) in [6.07, 6.45) is 7.37. The minimum absolute atomic E-state index is 0.00116. The van der Waals surface area contributed by atoms with Crippen molar-refractivity contribution in [1.82, 2.24) is 5.16 Å². The lowest BCUT2D eigenvalue weighted by Crippen LogP contribution is -2.56. The van der Waals surface area contributed by atoms with E-state index in [1.807, 2.05) is 19.2 Å². The molecule has 2 N–H and O–H groups in total. The topological polar surface area (TPSA) is 111 Å². The maximum Gasteiger partial charge on any atom is 0.350 e. The Bertz CT molecular complexity index is 1020. The van der Waals surface area contributed by atoms with Crippen LogP contribution in [-0.4, -0.2) is 59.7 Å². The molecule has 10 heteroatoms. The van der Waals surface area contributed by atoms with Crippen LogP contribution in [0, 0.1) is 13.8 Å². The number of ether oxygens (including phenoxy) is 1. The Hall–Kier alpha value is -2.72. The second kappa shape index (κ2) is 10.0. The summed E-state index contributed by atoms with van der Waals surface area (Å²) in [5.74, 6) is -0.372. The zero-order chi connectivity index (χ0) is 23.4. The number of carbonyl (C=O) groups is 3. The molecule has 1 aliphatic carbocycles. The van der Waals surface area contributed by atoms with Crippen molar-refractivity contribution >= 4 is 40.6 Å². The molecule has 0 unspecified atom stereocenters. The van der Waals surface area contributed by atoms with Crippen LogP contribution in [0.3, 0.4) is 0 Å². The van der Waals surface area contributed by atoms with Gasteiger partial charge in [0.05, 0.1) is 18.8 Å². The zero-order valence-corrected chi connectivity index (χ0v) is 20.0. The first-order valence-corrected chi connectivity index (χ1v) is 12.4. The van der Waals surface area contributed by atoms with E-state index in [-0.39, 0.29) is 37.0 Å². The van der Waals surface area contributed by atoms with Gasteiger partial charge in [0.15, 0.2) is 18.9 Å². The Morgan fingerprint density at radius 1 is 1.06 bits per heavy atom. The summed E-state index contributed by atoms with van der Waals surface area (Å²) in [6, 6.07) is 0. The number of rotatable bonds is 8. The van der Waals surface area contributed by atoms with E-state index in [2.05, 4.69) is 15.8 Å². The number of amides is 2. The average Bonchev–Trinajstić information content (AvgIpc) is 3.44. The standard InChI is InChI=1S/C23H30N4O5S/c1-15-13-31-26-22(15)25-19(29)12-27(9-5-3-4-6-10-27)11-18(28)24-20-16(2)14-33-21(20)23(30)32-17-7-8-17/h13-14,17H,3-12H2,1-2H3,(H-,24,25,26,28,29,30)/p+1. The maximum absolute atomic E-state index is 13.2. The fraction of sp³-hybridized carbons (Fsp3) is 0.565. The number of esters is 1. The molecule has 4 rings (SSSR count). The van der Waals surface area contributed by atoms with Crippen molar-refractivity contribution in [3.05, 3.63) is 27.6 Å². The van der Waals surface area contributed by atoms with Crippen LogP contribution in [0.2, 0.25) is 0 Å². The molecule has 0 bridgehead atoms. The third kappa shape index (κ3) is 6.00. The normalized spacial score (nSPS) is 17.8.